The quantitative estimate of drug-likeness (QED) is 0.464. The van der Waals surface area contributed by atoms with Gasteiger partial charge in [0, 0.05) is 50.0 Å². The summed E-state index contributed by atoms with van der Waals surface area (Å²) in [5, 5.41) is 0. The summed E-state index contributed by atoms with van der Waals surface area (Å²) in [6, 6.07) is 25.4. The maximum absolute atomic E-state index is 13.9. The van der Waals surface area contributed by atoms with Gasteiger partial charge in [-0.2, -0.15) is 0 Å². The van der Waals surface area contributed by atoms with Crippen molar-refractivity contribution in [3.05, 3.63) is 101 Å². The van der Waals surface area contributed by atoms with Crippen LogP contribution in [-0.4, -0.2) is 42.1 Å². The van der Waals surface area contributed by atoms with Crippen LogP contribution in [0.4, 0.5) is 0 Å². The second kappa shape index (κ2) is 10.7. The molecule has 35 heavy (non-hydrogen) atoms. The van der Waals surface area contributed by atoms with Gasteiger partial charge in [-0.25, -0.2) is 0 Å². The number of carbonyl (C=O) groups excluding carboxylic acids is 1. The minimum Gasteiger partial charge on any atom is -0.381 e. The topological polar surface area (TPSA) is 42.4 Å². The molecule has 0 bridgehead atoms. The molecule has 0 atom stereocenters. The molecule has 0 aliphatic carbocycles. The third kappa shape index (κ3) is 5.48. The SMILES string of the molecule is Cc1ccccc1Cc1cccc(C2CCN(C(=O)C3(Cc4ccccc4)CCOCC3)CC2)n1. The molecule has 0 saturated carbocycles. The lowest BCUT2D eigenvalue weighted by atomic mass is 9.73. The van der Waals surface area contributed by atoms with Crippen molar-refractivity contribution in [3.8, 4) is 0 Å². The van der Waals surface area contributed by atoms with E-state index in [4.69, 9.17) is 9.72 Å². The summed E-state index contributed by atoms with van der Waals surface area (Å²) in [7, 11) is 0. The fraction of sp³-hybridized carbons (Fsp3) is 0.419. The molecule has 4 heteroatoms. The Morgan fingerprint density at radius 1 is 0.943 bits per heavy atom. The van der Waals surface area contributed by atoms with E-state index in [1.54, 1.807) is 0 Å². The molecule has 0 spiro atoms. The van der Waals surface area contributed by atoms with Gasteiger partial charge < -0.3 is 9.64 Å². The van der Waals surface area contributed by atoms with Gasteiger partial charge in [0.15, 0.2) is 0 Å². The summed E-state index contributed by atoms with van der Waals surface area (Å²) in [5.74, 6) is 0.736. The standard InChI is InChI=1S/C31H36N2O2/c1-24-8-5-6-11-27(24)22-28-12-7-13-29(32-28)26-14-18-33(19-15-26)30(34)31(16-20-35-21-17-31)23-25-9-3-2-4-10-25/h2-13,26H,14-23H2,1H3. The van der Waals surface area contributed by atoms with E-state index in [1.807, 2.05) is 6.07 Å². The van der Waals surface area contributed by atoms with Crippen LogP contribution < -0.4 is 0 Å². The van der Waals surface area contributed by atoms with E-state index in [9.17, 15) is 4.79 Å². The van der Waals surface area contributed by atoms with Crippen LogP contribution in [0.5, 0.6) is 0 Å². The Bertz CT molecular complexity index is 1130. The zero-order chi connectivity index (χ0) is 24.1. The first-order chi connectivity index (χ1) is 17.1. The number of ether oxygens (including phenoxy) is 1. The van der Waals surface area contributed by atoms with Gasteiger partial charge in [-0.05, 0) is 67.9 Å². The van der Waals surface area contributed by atoms with Gasteiger partial charge >= 0.3 is 0 Å². The number of benzene rings is 2. The first kappa shape index (κ1) is 23.7. The van der Waals surface area contributed by atoms with Crippen LogP contribution in [0.3, 0.4) is 0 Å². The molecule has 5 rings (SSSR count). The van der Waals surface area contributed by atoms with Crippen molar-refractivity contribution in [3.63, 3.8) is 0 Å². The van der Waals surface area contributed by atoms with E-state index in [2.05, 4.69) is 78.6 Å². The predicted molar refractivity (Wildman–Crippen MR) is 139 cm³/mol. The van der Waals surface area contributed by atoms with E-state index < -0.39 is 0 Å². The zero-order valence-corrected chi connectivity index (χ0v) is 20.8. The summed E-state index contributed by atoms with van der Waals surface area (Å²) < 4.78 is 5.66. The molecule has 3 aromatic rings. The maximum atomic E-state index is 13.9. The monoisotopic (exact) mass is 468 g/mol. The smallest absolute Gasteiger partial charge is 0.229 e. The summed E-state index contributed by atoms with van der Waals surface area (Å²) >= 11 is 0. The zero-order valence-electron chi connectivity index (χ0n) is 20.8. The van der Waals surface area contributed by atoms with Gasteiger partial charge in [0.1, 0.15) is 0 Å². The number of pyridine rings is 1. The molecular formula is C31H36N2O2. The Morgan fingerprint density at radius 3 is 2.40 bits per heavy atom. The number of likely N-dealkylation sites (tertiary alicyclic amines) is 1. The van der Waals surface area contributed by atoms with Gasteiger partial charge in [-0.15, -0.1) is 0 Å². The van der Waals surface area contributed by atoms with Crippen LogP contribution in [0.2, 0.25) is 0 Å². The summed E-state index contributed by atoms with van der Waals surface area (Å²) in [5.41, 5.74) is 5.85. The lowest BCUT2D eigenvalue weighted by Gasteiger charge is -2.42. The van der Waals surface area contributed by atoms with E-state index in [0.29, 0.717) is 25.0 Å². The summed E-state index contributed by atoms with van der Waals surface area (Å²) in [6.45, 7) is 5.13. The van der Waals surface area contributed by atoms with Crippen LogP contribution in [0.15, 0.2) is 72.8 Å². The van der Waals surface area contributed by atoms with E-state index in [0.717, 1.165) is 57.3 Å². The van der Waals surface area contributed by atoms with Crippen molar-refractivity contribution in [2.45, 2.75) is 51.4 Å². The molecule has 2 saturated heterocycles. The minimum atomic E-state index is -0.335. The maximum Gasteiger partial charge on any atom is 0.229 e. The third-order valence-electron chi connectivity index (χ3n) is 7.95. The van der Waals surface area contributed by atoms with E-state index in [-0.39, 0.29) is 5.41 Å². The number of amides is 1. The molecule has 0 radical (unpaired) electrons. The fourth-order valence-corrected chi connectivity index (χ4v) is 5.76. The van der Waals surface area contributed by atoms with Gasteiger partial charge in [-0.1, -0.05) is 60.7 Å². The molecule has 2 aliphatic rings. The highest BCUT2D eigenvalue weighted by molar-refractivity contribution is 5.83. The molecule has 1 amide bonds. The van der Waals surface area contributed by atoms with Gasteiger partial charge in [0.05, 0.1) is 5.41 Å². The highest BCUT2D eigenvalue weighted by atomic mass is 16.5. The van der Waals surface area contributed by atoms with Gasteiger partial charge in [0.2, 0.25) is 5.91 Å². The lowest BCUT2D eigenvalue weighted by molar-refractivity contribution is -0.149. The third-order valence-corrected chi connectivity index (χ3v) is 7.95. The normalized spacial score (nSPS) is 18.4. The fourth-order valence-electron chi connectivity index (χ4n) is 5.76. The van der Waals surface area contributed by atoms with Crippen molar-refractivity contribution in [1.82, 2.24) is 9.88 Å². The molecule has 1 aromatic heterocycles. The number of piperidine rings is 1. The number of aromatic nitrogens is 1. The van der Waals surface area contributed by atoms with E-state index in [1.165, 1.54) is 22.4 Å². The number of aryl methyl sites for hydroxylation is 1. The molecule has 2 fully saturated rings. The van der Waals surface area contributed by atoms with Gasteiger partial charge in [-0.3, -0.25) is 9.78 Å². The lowest BCUT2D eigenvalue weighted by Crippen LogP contribution is -2.50. The molecule has 4 nitrogen and oxygen atoms in total. The molecule has 3 heterocycles. The van der Waals surface area contributed by atoms with Crippen molar-refractivity contribution in [2.75, 3.05) is 26.3 Å². The summed E-state index contributed by atoms with van der Waals surface area (Å²) in [4.78, 5) is 21.0. The Balaban J connectivity index is 1.25. The van der Waals surface area contributed by atoms with Crippen molar-refractivity contribution in [1.29, 1.82) is 0 Å². The first-order valence-electron chi connectivity index (χ1n) is 13.0. The highest BCUT2D eigenvalue weighted by Crippen LogP contribution is 2.38. The Hall–Kier alpha value is -2.98. The Morgan fingerprint density at radius 2 is 1.66 bits per heavy atom. The van der Waals surface area contributed by atoms with Gasteiger partial charge in [0.25, 0.3) is 0 Å². The van der Waals surface area contributed by atoms with Crippen LogP contribution in [0.25, 0.3) is 0 Å². The van der Waals surface area contributed by atoms with Crippen molar-refractivity contribution >= 4 is 5.91 Å². The number of hydrogen-bond donors (Lipinski definition) is 0. The predicted octanol–water partition coefficient (Wildman–Crippen LogP) is 5.73. The highest BCUT2D eigenvalue weighted by Gasteiger charge is 2.43. The molecule has 0 unspecified atom stereocenters. The first-order valence-corrected chi connectivity index (χ1v) is 13.0. The minimum absolute atomic E-state index is 0.323. The van der Waals surface area contributed by atoms with Crippen molar-refractivity contribution < 1.29 is 9.53 Å². The average molecular weight is 469 g/mol. The van der Waals surface area contributed by atoms with Crippen LogP contribution >= 0.6 is 0 Å². The van der Waals surface area contributed by atoms with Crippen LogP contribution in [0.1, 0.15) is 59.7 Å². The van der Waals surface area contributed by atoms with Crippen LogP contribution in [0, 0.1) is 12.3 Å². The molecule has 2 aromatic carbocycles. The number of carbonyl (C=O) groups is 1. The Labute approximate surface area is 209 Å². The molecule has 2 aliphatic heterocycles. The molecule has 0 N–H and O–H groups in total. The Kier molecular flexibility index (Phi) is 7.29. The van der Waals surface area contributed by atoms with Crippen LogP contribution in [-0.2, 0) is 22.4 Å². The molecule has 182 valence electrons. The number of rotatable bonds is 6. The van der Waals surface area contributed by atoms with E-state index >= 15 is 0 Å². The average Bonchev–Trinajstić information content (AvgIpc) is 2.91. The number of hydrogen-bond acceptors (Lipinski definition) is 3. The van der Waals surface area contributed by atoms with Crippen molar-refractivity contribution in [2.24, 2.45) is 5.41 Å². The largest absolute Gasteiger partial charge is 0.381 e. The number of nitrogens with zero attached hydrogens (tertiary/aromatic N) is 2. The summed E-state index contributed by atoms with van der Waals surface area (Å²) in [6.07, 6.45) is 5.24. The molecular weight excluding hydrogens is 432 g/mol. The second-order valence-electron chi connectivity index (χ2n) is 10.3. The second-order valence-corrected chi connectivity index (χ2v) is 10.3.